The van der Waals surface area contributed by atoms with E-state index in [0.717, 1.165) is 42.1 Å². The number of carboxylic acid groups (broad SMARTS) is 1. The van der Waals surface area contributed by atoms with Crippen LogP contribution in [0.1, 0.15) is 23.5 Å². The van der Waals surface area contributed by atoms with Gasteiger partial charge in [0.1, 0.15) is 30.8 Å². The van der Waals surface area contributed by atoms with Crippen molar-refractivity contribution in [2.75, 3.05) is 78.3 Å². The molecule has 11 nitrogen and oxygen atoms in total. The van der Waals surface area contributed by atoms with Gasteiger partial charge in [0, 0.05) is 33.3 Å². The van der Waals surface area contributed by atoms with E-state index in [4.69, 9.17) is 28.4 Å². The third-order valence-corrected chi connectivity index (χ3v) is 7.59. The number of nitrogens with zero attached hydrogens (tertiary/aromatic N) is 2. The Labute approximate surface area is 253 Å². The normalized spacial score (nSPS) is 20.7. The fourth-order valence-corrected chi connectivity index (χ4v) is 5.53. The van der Waals surface area contributed by atoms with E-state index in [-0.39, 0.29) is 38.8 Å². The number of hydrogen-bond acceptors (Lipinski definition) is 9. The molecule has 11 heteroatoms. The van der Waals surface area contributed by atoms with E-state index in [0.29, 0.717) is 25.6 Å². The van der Waals surface area contributed by atoms with Crippen molar-refractivity contribution in [3.63, 3.8) is 0 Å². The molecule has 1 saturated heterocycles. The fourth-order valence-electron chi connectivity index (χ4n) is 5.53. The van der Waals surface area contributed by atoms with Gasteiger partial charge in [-0.25, -0.2) is 4.79 Å². The summed E-state index contributed by atoms with van der Waals surface area (Å²) in [5.41, 5.74) is 2.89. The standard InChI is InChI=1S/C32H44N2O9/c1-4-14-40-26-9-7-24(8-10-26)31-29(18-34(32(36)37)19-30(31)43-22-25(35)21-39-3)42-20-23-6-11-28-27(17-23)33(13-16-41-28)12-5-15-38-2/h4,6-11,17,25,29-31,35H,1,5,12-16,18-22H2,2-3H3,(H,36,37)/t25-,29+,30-,31-/m1/s1. The van der Waals surface area contributed by atoms with Crippen LogP contribution in [0.5, 0.6) is 11.5 Å². The number of hydrogen-bond donors (Lipinski definition) is 2. The average molecular weight is 601 g/mol. The Kier molecular flexibility index (Phi) is 12.5. The highest BCUT2D eigenvalue weighted by Gasteiger charge is 2.41. The van der Waals surface area contributed by atoms with Crippen molar-refractivity contribution in [3.8, 4) is 11.5 Å². The zero-order valence-electron chi connectivity index (χ0n) is 25.1. The molecule has 2 aliphatic rings. The highest BCUT2D eigenvalue weighted by molar-refractivity contribution is 5.65. The van der Waals surface area contributed by atoms with Gasteiger partial charge < -0.3 is 48.4 Å². The molecule has 4 atom stereocenters. The monoisotopic (exact) mass is 600 g/mol. The Bertz CT molecular complexity index is 1160. The molecule has 2 aromatic rings. The number of ether oxygens (including phenoxy) is 6. The Morgan fingerprint density at radius 1 is 1.09 bits per heavy atom. The molecule has 0 radical (unpaired) electrons. The first kappa shape index (κ1) is 32.6. The second kappa shape index (κ2) is 16.5. The van der Waals surface area contributed by atoms with Gasteiger partial charge in [0.2, 0.25) is 0 Å². The minimum absolute atomic E-state index is 0.000552. The molecule has 2 heterocycles. The number of piperidine rings is 1. The molecule has 0 bridgehead atoms. The quantitative estimate of drug-likeness (QED) is 0.219. The van der Waals surface area contributed by atoms with Crippen molar-refractivity contribution in [2.45, 2.75) is 37.3 Å². The number of benzene rings is 2. The van der Waals surface area contributed by atoms with Crippen molar-refractivity contribution >= 4 is 11.8 Å². The van der Waals surface area contributed by atoms with Crippen LogP contribution in [-0.2, 0) is 25.6 Å². The van der Waals surface area contributed by atoms with E-state index < -0.39 is 24.4 Å². The van der Waals surface area contributed by atoms with Crippen LogP contribution in [-0.4, -0.2) is 113 Å². The zero-order valence-corrected chi connectivity index (χ0v) is 25.1. The molecule has 0 unspecified atom stereocenters. The molecule has 1 amide bonds. The highest BCUT2D eigenvalue weighted by Crippen LogP contribution is 2.36. The van der Waals surface area contributed by atoms with Gasteiger partial charge in [-0.1, -0.05) is 30.9 Å². The number of carbonyl (C=O) groups is 1. The lowest BCUT2D eigenvalue weighted by Crippen LogP contribution is -2.54. The molecule has 4 rings (SSSR count). The Balaban J connectivity index is 1.56. The smallest absolute Gasteiger partial charge is 0.407 e. The summed E-state index contributed by atoms with van der Waals surface area (Å²) in [4.78, 5) is 15.8. The van der Waals surface area contributed by atoms with Crippen molar-refractivity contribution in [1.82, 2.24) is 4.90 Å². The van der Waals surface area contributed by atoms with Crippen molar-refractivity contribution in [1.29, 1.82) is 0 Å². The minimum Gasteiger partial charge on any atom is -0.490 e. The van der Waals surface area contributed by atoms with Crippen LogP contribution >= 0.6 is 0 Å². The highest BCUT2D eigenvalue weighted by atomic mass is 16.5. The van der Waals surface area contributed by atoms with Crippen LogP contribution in [0.15, 0.2) is 55.1 Å². The van der Waals surface area contributed by atoms with Crippen molar-refractivity contribution in [3.05, 3.63) is 66.2 Å². The summed E-state index contributed by atoms with van der Waals surface area (Å²) in [5.74, 6) is 1.23. The summed E-state index contributed by atoms with van der Waals surface area (Å²) in [6.07, 6.45) is -0.383. The number of rotatable bonds is 16. The Morgan fingerprint density at radius 3 is 2.56 bits per heavy atom. The fraction of sp³-hybridized carbons (Fsp3) is 0.531. The van der Waals surface area contributed by atoms with Crippen LogP contribution in [0, 0.1) is 0 Å². The lowest BCUT2D eigenvalue weighted by Gasteiger charge is -2.43. The topological polar surface area (TPSA) is 119 Å². The molecule has 0 aromatic heterocycles. The van der Waals surface area contributed by atoms with Gasteiger partial charge in [0.15, 0.2) is 0 Å². The number of aliphatic hydroxyl groups is 1. The summed E-state index contributed by atoms with van der Waals surface area (Å²) in [5, 5.41) is 20.2. The molecule has 0 spiro atoms. The zero-order chi connectivity index (χ0) is 30.6. The molecule has 0 saturated carbocycles. The van der Waals surface area contributed by atoms with Gasteiger partial charge in [-0.05, 0) is 41.8 Å². The van der Waals surface area contributed by atoms with Gasteiger partial charge in [-0.3, -0.25) is 0 Å². The van der Waals surface area contributed by atoms with Crippen molar-refractivity contribution in [2.24, 2.45) is 0 Å². The van der Waals surface area contributed by atoms with Crippen molar-refractivity contribution < 1.29 is 43.4 Å². The number of likely N-dealkylation sites (tertiary alicyclic amines) is 1. The van der Waals surface area contributed by atoms with E-state index in [1.807, 2.05) is 36.4 Å². The molecule has 43 heavy (non-hydrogen) atoms. The number of methoxy groups -OCH3 is 2. The molecule has 236 valence electrons. The number of amides is 1. The van der Waals surface area contributed by atoms with E-state index >= 15 is 0 Å². The van der Waals surface area contributed by atoms with Crippen LogP contribution in [0.3, 0.4) is 0 Å². The molecule has 2 aliphatic heterocycles. The van der Waals surface area contributed by atoms with Gasteiger partial charge in [0.05, 0.1) is 57.4 Å². The molecule has 1 fully saturated rings. The third-order valence-electron chi connectivity index (χ3n) is 7.59. The van der Waals surface area contributed by atoms with Gasteiger partial charge in [-0.2, -0.15) is 0 Å². The average Bonchev–Trinajstić information content (AvgIpc) is 3.02. The van der Waals surface area contributed by atoms with Gasteiger partial charge in [-0.15, -0.1) is 0 Å². The molecule has 2 N–H and O–H groups in total. The molecule has 2 aromatic carbocycles. The van der Waals surface area contributed by atoms with Crippen LogP contribution in [0.2, 0.25) is 0 Å². The van der Waals surface area contributed by atoms with Crippen LogP contribution in [0.25, 0.3) is 0 Å². The summed E-state index contributed by atoms with van der Waals surface area (Å²) in [6, 6.07) is 13.7. The van der Waals surface area contributed by atoms with Gasteiger partial charge >= 0.3 is 6.09 Å². The number of aliphatic hydroxyl groups excluding tert-OH is 1. The molecular weight excluding hydrogens is 556 g/mol. The Morgan fingerprint density at radius 2 is 1.86 bits per heavy atom. The first-order chi connectivity index (χ1) is 20.9. The largest absolute Gasteiger partial charge is 0.490 e. The number of anilines is 1. The van der Waals surface area contributed by atoms with Gasteiger partial charge in [0.25, 0.3) is 0 Å². The SMILES string of the molecule is C=CCOc1ccc([C@@H]2[C@@H](OCc3ccc4c(c3)N(CCCOC)CCO4)CN(C(=O)O)C[C@H]2OC[C@H](O)COC)cc1. The second-order valence-corrected chi connectivity index (χ2v) is 10.7. The molecular formula is C32H44N2O9. The summed E-state index contributed by atoms with van der Waals surface area (Å²) in [7, 11) is 3.21. The lowest BCUT2D eigenvalue weighted by molar-refractivity contribution is -0.107. The van der Waals surface area contributed by atoms with Crippen LogP contribution < -0.4 is 14.4 Å². The maximum atomic E-state index is 12.1. The molecule has 0 aliphatic carbocycles. The number of fused-ring (bicyclic) bond motifs is 1. The van der Waals surface area contributed by atoms with E-state index in [1.54, 1.807) is 13.2 Å². The van der Waals surface area contributed by atoms with E-state index in [1.165, 1.54) is 12.0 Å². The maximum Gasteiger partial charge on any atom is 0.407 e. The van der Waals surface area contributed by atoms with E-state index in [9.17, 15) is 15.0 Å². The second-order valence-electron chi connectivity index (χ2n) is 10.7. The van der Waals surface area contributed by atoms with Crippen LogP contribution in [0.4, 0.5) is 10.5 Å². The third kappa shape index (κ3) is 9.07. The first-order valence-corrected chi connectivity index (χ1v) is 14.6. The summed E-state index contributed by atoms with van der Waals surface area (Å²) >= 11 is 0. The summed E-state index contributed by atoms with van der Waals surface area (Å²) in [6.45, 7) is 7.73. The predicted octanol–water partition coefficient (Wildman–Crippen LogP) is 3.54. The predicted molar refractivity (Wildman–Crippen MR) is 161 cm³/mol. The summed E-state index contributed by atoms with van der Waals surface area (Å²) < 4.78 is 34.5. The first-order valence-electron chi connectivity index (χ1n) is 14.6. The lowest BCUT2D eigenvalue weighted by atomic mass is 9.84. The Hall–Kier alpha value is -3.35. The minimum atomic E-state index is -1.05. The maximum absolute atomic E-state index is 12.1. The van der Waals surface area contributed by atoms with E-state index in [2.05, 4.69) is 17.5 Å².